The van der Waals surface area contributed by atoms with Crippen LogP contribution in [-0.2, 0) is 9.53 Å². The normalized spacial score (nSPS) is 55.8. The van der Waals surface area contributed by atoms with Crippen LogP contribution in [0.15, 0.2) is 0 Å². The van der Waals surface area contributed by atoms with Gasteiger partial charge in [0.1, 0.15) is 6.10 Å². The Bertz CT molecular complexity index is 238. The second kappa shape index (κ2) is 2.02. The number of fused-ring (bicyclic) bond motifs is 1. The van der Waals surface area contributed by atoms with Crippen LogP contribution in [0, 0.1) is 17.8 Å². The summed E-state index contributed by atoms with van der Waals surface area (Å²) in [6.45, 7) is 0. The number of aliphatic hydroxyl groups excluding tert-OH is 1. The summed E-state index contributed by atoms with van der Waals surface area (Å²) < 4.78 is 5.14. The smallest absolute Gasteiger partial charge is 0.309 e. The van der Waals surface area contributed by atoms with Crippen LogP contribution in [0.4, 0.5) is 0 Å². The van der Waals surface area contributed by atoms with Gasteiger partial charge in [-0.3, -0.25) is 4.79 Å². The van der Waals surface area contributed by atoms with Crippen LogP contribution >= 0.6 is 0 Å². The predicted molar refractivity (Wildman–Crippen MR) is 40.2 cm³/mol. The van der Waals surface area contributed by atoms with Crippen molar-refractivity contribution in [1.82, 2.24) is 0 Å². The van der Waals surface area contributed by atoms with E-state index in [0.717, 1.165) is 19.3 Å². The highest BCUT2D eigenvalue weighted by Crippen LogP contribution is 2.50. The van der Waals surface area contributed by atoms with E-state index in [1.165, 1.54) is 0 Å². The molecule has 3 aliphatic carbocycles. The number of hydrogen-bond acceptors (Lipinski definition) is 3. The van der Waals surface area contributed by atoms with Crippen molar-refractivity contribution in [1.29, 1.82) is 0 Å². The van der Waals surface area contributed by atoms with E-state index in [1.54, 1.807) is 0 Å². The first kappa shape index (κ1) is 6.89. The third kappa shape index (κ3) is 0.637. The van der Waals surface area contributed by atoms with Crippen LogP contribution in [0.25, 0.3) is 0 Å². The molecule has 4 bridgehead atoms. The number of hydrogen-bond donors (Lipinski definition) is 1. The van der Waals surface area contributed by atoms with Gasteiger partial charge in [0.25, 0.3) is 0 Å². The van der Waals surface area contributed by atoms with E-state index in [1.807, 2.05) is 0 Å². The molecule has 0 amide bonds. The quantitative estimate of drug-likeness (QED) is 0.530. The molecule has 4 aliphatic rings. The summed E-state index contributed by atoms with van der Waals surface area (Å²) >= 11 is 0. The molecule has 66 valence electrons. The molecule has 1 unspecified atom stereocenters. The van der Waals surface area contributed by atoms with Gasteiger partial charge in [-0.2, -0.15) is 0 Å². The van der Waals surface area contributed by atoms with Crippen molar-refractivity contribution >= 4 is 5.97 Å². The van der Waals surface area contributed by atoms with Gasteiger partial charge in [-0.05, 0) is 25.2 Å². The maximum Gasteiger partial charge on any atom is 0.309 e. The van der Waals surface area contributed by atoms with E-state index < -0.39 is 0 Å². The Morgan fingerprint density at radius 1 is 1.42 bits per heavy atom. The van der Waals surface area contributed by atoms with Crippen LogP contribution in [0.3, 0.4) is 0 Å². The Hall–Kier alpha value is -0.570. The third-order valence-electron chi connectivity index (χ3n) is 3.74. The highest BCUT2D eigenvalue weighted by molar-refractivity contribution is 5.76. The molecule has 1 N–H and O–H groups in total. The van der Waals surface area contributed by atoms with E-state index in [9.17, 15) is 9.90 Å². The first-order chi connectivity index (χ1) is 5.77. The highest BCUT2D eigenvalue weighted by atomic mass is 16.6. The standard InChI is InChI=1S/C9H12O3/c10-7-4-1-2-5-6(3-4)9(11)12-8(5)7/h4-8,10H,1-3H2/t4-,5+,6?,7-,8-/m0/s1. The maximum atomic E-state index is 11.3. The molecule has 0 aromatic carbocycles. The fraction of sp³-hybridized carbons (Fsp3) is 0.889. The van der Waals surface area contributed by atoms with Gasteiger partial charge in [-0.1, -0.05) is 0 Å². The van der Waals surface area contributed by atoms with Gasteiger partial charge in [0.15, 0.2) is 0 Å². The summed E-state index contributed by atoms with van der Waals surface area (Å²) in [6.07, 6.45) is 2.49. The number of rotatable bonds is 0. The Morgan fingerprint density at radius 2 is 2.25 bits per heavy atom. The number of ether oxygens (including phenoxy) is 1. The molecule has 5 atom stereocenters. The molecule has 0 aromatic rings. The SMILES string of the molecule is O=C1O[C@@H]2[C@@H](O)[C@H]3CC[C@@H]2C1C3. The second-order valence-corrected chi connectivity index (χ2v) is 4.24. The Kier molecular flexibility index (Phi) is 1.16. The zero-order valence-electron chi connectivity index (χ0n) is 6.77. The zero-order valence-corrected chi connectivity index (χ0v) is 6.77. The van der Waals surface area contributed by atoms with E-state index >= 15 is 0 Å². The molecule has 1 saturated heterocycles. The topological polar surface area (TPSA) is 46.5 Å². The highest BCUT2D eigenvalue weighted by Gasteiger charge is 2.57. The average Bonchev–Trinajstić information content (AvgIpc) is 2.37. The van der Waals surface area contributed by atoms with Crippen LogP contribution in [0.1, 0.15) is 19.3 Å². The molecule has 0 spiro atoms. The minimum absolute atomic E-state index is 0.0637. The molecule has 3 nitrogen and oxygen atoms in total. The van der Waals surface area contributed by atoms with Gasteiger partial charge in [-0.25, -0.2) is 0 Å². The van der Waals surface area contributed by atoms with Crippen molar-refractivity contribution in [3.05, 3.63) is 0 Å². The molecular weight excluding hydrogens is 156 g/mol. The van der Waals surface area contributed by atoms with Gasteiger partial charge < -0.3 is 9.84 Å². The summed E-state index contributed by atoms with van der Waals surface area (Å²) in [5.74, 6) is 0.720. The Labute approximate surface area is 70.7 Å². The summed E-state index contributed by atoms with van der Waals surface area (Å²) in [7, 11) is 0. The lowest BCUT2D eigenvalue weighted by Gasteiger charge is -2.41. The molecule has 1 aliphatic heterocycles. The first-order valence-corrected chi connectivity index (χ1v) is 4.66. The second-order valence-electron chi connectivity index (χ2n) is 4.24. The summed E-state index contributed by atoms with van der Waals surface area (Å²) in [6, 6.07) is 0. The van der Waals surface area contributed by atoms with Crippen LogP contribution in [0.2, 0.25) is 0 Å². The fourth-order valence-electron chi connectivity index (χ4n) is 3.10. The van der Waals surface area contributed by atoms with Crippen molar-refractivity contribution in [3.63, 3.8) is 0 Å². The minimum Gasteiger partial charge on any atom is -0.459 e. The molecule has 0 aromatic heterocycles. The molecule has 3 saturated carbocycles. The van der Waals surface area contributed by atoms with Crippen LogP contribution in [-0.4, -0.2) is 23.3 Å². The van der Waals surface area contributed by atoms with Gasteiger partial charge in [-0.15, -0.1) is 0 Å². The lowest BCUT2D eigenvalue weighted by Crippen LogP contribution is -2.47. The van der Waals surface area contributed by atoms with Gasteiger partial charge in [0.2, 0.25) is 0 Å². The van der Waals surface area contributed by atoms with Crippen molar-refractivity contribution in [2.24, 2.45) is 17.8 Å². The summed E-state index contributed by atoms with van der Waals surface area (Å²) in [5.41, 5.74) is 0. The molecule has 0 radical (unpaired) electrons. The van der Waals surface area contributed by atoms with Crippen molar-refractivity contribution < 1.29 is 14.6 Å². The molecule has 4 fully saturated rings. The number of aliphatic hydroxyl groups is 1. The van der Waals surface area contributed by atoms with Gasteiger partial charge in [0, 0.05) is 5.92 Å². The Morgan fingerprint density at radius 3 is 3.00 bits per heavy atom. The molecule has 4 rings (SSSR count). The molecule has 1 heterocycles. The Balaban J connectivity index is 2.00. The minimum atomic E-state index is -0.369. The molecule has 12 heavy (non-hydrogen) atoms. The van der Waals surface area contributed by atoms with Crippen molar-refractivity contribution in [2.75, 3.05) is 0 Å². The molecule has 3 heteroatoms. The largest absolute Gasteiger partial charge is 0.459 e. The van der Waals surface area contributed by atoms with E-state index in [0.29, 0.717) is 11.8 Å². The number of esters is 1. The van der Waals surface area contributed by atoms with Crippen LogP contribution < -0.4 is 0 Å². The third-order valence-corrected chi connectivity index (χ3v) is 3.74. The van der Waals surface area contributed by atoms with Gasteiger partial charge >= 0.3 is 5.97 Å². The summed E-state index contributed by atoms with van der Waals surface area (Å²) in [5, 5.41) is 9.73. The van der Waals surface area contributed by atoms with E-state index in [-0.39, 0.29) is 24.1 Å². The summed E-state index contributed by atoms with van der Waals surface area (Å²) in [4.78, 5) is 11.3. The fourth-order valence-corrected chi connectivity index (χ4v) is 3.10. The average molecular weight is 168 g/mol. The van der Waals surface area contributed by atoms with Gasteiger partial charge in [0.05, 0.1) is 12.0 Å². The van der Waals surface area contributed by atoms with E-state index in [4.69, 9.17) is 4.74 Å². The first-order valence-electron chi connectivity index (χ1n) is 4.66. The zero-order chi connectivity index (χ0) is 8.29. The maximum absolute atomic E-state index is 11.3. The van der Waals surface area contributed by atoms with E-state index in [2.05, 4.69) is 0 Å². The van der Waals surface area contributed by atoms with Crippen molar-refractivity contribution in [3.8, 4) is 0 Å². The lowest BCUT2D eigenvalue weighted by molar-refractivity contribution is -0.147. The number of carbonyl (C=O) groups is 1. The molecular formula is C9H12O3. The lowest BCUT2D eigenvalue weighted by atomic mass is 9.63. The number of carbonyl (C=O) groups excluding carboxylic acids is 1. The monoisotopic (exact) mass is 168 g/mol. The predicted octanol–water partition coefficient (Wildman–Crippen LogP) is 0.319. The van der Waals surface area contributed by atoms with Crippen molar-refractivity contribution in [2.45, 2.75) is 31.5 Å². The van der Waals surface area contributed by atoms with Crippen LogP contribution in [0.5, 0.6) is 0 Å².